The van der Waals surface area contributed by atoms with E-state index in [2.05, 4.69) is 4.99 Å². The molecule has 0 aliphatic rings. The lowest BCUT2D eigenvalue weighted by atomic mass is 10.2. The average molecular weight is 313 g/mol. The van der Waals surface area contributed by atoms with Gasteiger partial charge in [0.25, 0.3) is 0 Å². The van der Waals surface area contributed by atoms with Crippen LogP contribution in [-0.4, -0.2) is 26.0 Å². The van der Waals surface area contributed by atoms with Gasteiger partial charge in [0.15, 0.2) is 0 Å². The maximum atomic E-state index is 5.67. The highest BCUT2D eigenvalue weighted by atomic mass is 16.5. The van der Waals surface area contributed by atoms with Crippen molar-refractivity contribution in [2.24, 2.45) is 4.99 Å². The van der Waals surface area contributed by atoms with E-state index in [1.165, 1.54) is 0 Å². The highest BCUT2D eigenvalue weighted by Crippen LogP contribution is 2.25. The first-order valence-corrected chi connectivity index (χ1v) is 7.93. The normalized spacial score (nSPS) is 10.7. The van der Waals surface area contributed by atoms with Gasteiger partial charge in [0.05, 0.1) is 25.5 Å². The number of nitrogens with zero attached hydrogens (tertiary/aromatic N) is 1. The molecule has 0 unspecified atom stereocenters. The van der Waals surface area contributed by atoms with Crippen molar-refractivity contribution < 1.29 is 14.2 Å². The Hall–Kier alpha value is -2.49. The Balaban J connectivity index is 2.16. The van der Waals surface area contributed by atoms with Gasteiger partial charge < -0.3 is 14.2 Å². The van der Waals surface area contributed by atoms with Crippen molar-refractivity contribution in [1.29, 1.82) is 0 Å². The molecular weight excluding hydrogens is 290 g/mol. The molecule has 4 heteroatoms. The molecule has 0 spiro atoms. The van der Waals surface area contributed by atoms with Crippen LogP contribution in [0.5, 0.6) is 17.2 Å². The summed E-state index contributed by atoms with van der Waals surface area (Å²) in [4.78, 5) is 4.49. The van der Waals surface area contributed by atoms with Crippen LogP contribution >= 0.6 is 0 Å². The van der Waals surface area contributed by atoms with Crippen molar-refractivity contribution >= 4 is 11.9 Å². The zero-order valence-electron chi connectivity index (χ0n) is 13.9. The Bertz CT molecular complexity index is 636. The minimum Gasteiger partial charge on any atom is -0.494 e. The van der Waals surface area contributed by atoms with Gasteiger partial charge >= 0.3 is 0 Å². The number of hydrogen-bond acceptors (Lipinski definition) is 4. The largest absolute Gasteiger partial charge is 0.494 e. The number of rotatable bonds is 8. The van der Waals surface area contributed by atoms with Crippen LogP contribution in [0.2, 0.25) is 0 Å². The summed E-state index contributed by atoms with van der Waals surface area (Å²) < 4.78 is 16.6. The molecule has 0 aliphatic heterocycles. The summed E-state index contributed by atoms with van der Waals surface area (Å²) >= 11 is 0. The number of aliphatic imine (C=N–C) groups is 1. The van der Waals surface area contributed by atoms with Crippen molar-refractivity contribution in [2.45, 2.75) is 20.8 Å². The van der Waals surface area contributed by atoms with Gasteiger partial charge in [0.2, 0.25) is 0 Å². The Labute approximate surface area is 137 Å². The molecule has 23 heavy (non-hydrogen) atoms. The number of benzene rings is 2. The summed E-state index contributed by atoms with van der Waals surface area (Å²) in [5, 5.41) is 0. The average Bonchev–Trinajstić information content (AvgIpc) is 2.56. The second kappa shape index (κ2) is 8.83. The van der Waals surface area contributed by atoms with Crippen LogP contribution < -0.4 is 14.2 Å². The van der Waals surface area contributed by atoms with Gasteiger partial charge in [-0.05, 0) is 57.2 Å². The quantitative estimate of drug-likeness (QED) is 0.667. The summed E-state index contributed by atoms with van der Waals surface area (Å²) in [6.07, 6.45) is 1.80. The minimum atomic E-state index is 0.597. The van der Waals surface area contributed by atoms with Crippen molar-refractivity contribution in [3.05, 3.63) is 48.0 Å². The zero-order valence-corrected chi connectivity index (χ0v) is 13.9. The lowest BCUT2D eigenvalue weighted by Gasteiger charge is -2.10. The molecule has 2 aromatic carbocycles. The molecule has 2 rings (SSSR count). The number of hydrogen-bond donors (Lipinski definition) is 0. The number of ether oxygens (including phenoxy) is 3. The van der Waals surface area contributed by atoms with Crippen LogP contribution in [0.4, 0.5) is 5.69 Å². The van der Waals surface area contributed by atoms with Crippen LogP contribution in [0, 0.1) is 0 Å². The predicted molar refractivity (Wildman–Crippen MR) is 93.6 cm³/mol. The third-order valence-corrected chi connectivity index (χ3v) is 3.10. The molecule has 0 aromatic heterocycles. The van der Waals surface area contributed by atoms with Crippen molar-refractivity contribution in [2.75, 3.05) is 19.8 Å². The first kappa shape index (κ1) is 16.9. The van der Waals surface area contributed by atoms with Gasteiger partial charge in [-0.1, -0.05) is 0 Å². The Morgan fingerprint density at radius 3 is 2.04 bits per heavy atom. The van der Waals surface area contributed by atoms with Gasteiger partial charge in [-0.3, -0.25) is 4.99 Å². The Kier molecular flexibility index (Phi) is 6.48. The second-order valence-corrected chi connectivity index (χ2v) is 4.75. The molecule has 0 amide bonds. The molecule has 0 bridgehead atoms. The Morgan fingerprint density at radius 1 is 0.783 bits per heavy atom. The zero-order chi connectivity index (χ0) is 16.5. The summed E-state index contributed by atoms with van der Waals surface area (Å²) in [6, 6.07) is 13.5. The first-order valence-electron chi connectivity index (χ1n) is 7.93. The lowest BCUT2D eigenvalue weighted by Crippen LogP contribution is -1.98. The fourth-order valence-corrected chi connectivity index (χ4v) is 2.10. The van der Waals surface area contributed by atoms with Gasteiger partial charge in [0.1, 0.15) is 17.2 Å². The summed E-state index contributed by atoms with van der Waals surface area (Å²) in [6.45, 7) is 7.77. The van der Waals surface area contributed by atoms with E-state index in [1.807, 2.05) is 63.2 Å². The molecular formula is C19H23NO3. The van der Waals surface area contributed by atoms with Crippen molar-refractivity contribution in [3.8, 4) is 17.2 Å². The van der Waals surface area contributed by atoms with Gasteiger partial charge in [-0.2, -0.15) is 0 Å². The molecule has 0 N–H and O–H groups in total. The van der Waals surface area contributed by atoms with Gasteiger partial charge in [0, 0.05) is 17.8 Å². The van der Waals surface area contributed by atoms with E-state index in [9.17, 15) is 0 Å². The molecule has 122 valence electrons. The topological polar surface area (TPSA) is 40.0 Å². The predicted octanol–water partition coefficient (Wildman–Crippen LogP) is 4.63. The van der Waals surface area contributed by atoms with E-state index < -0.39 is 0 Å². The van der Waals surface area contributed by atoms with Crippen LogP contribution in [0.3, 0.4) is 0 Å². The molecule has 0 heterocycles. The second-order valence-electron chi connectivity index (χ2n) is 4.75. The maximum absolute atomic E-state index is 5.67. The van der Waals surface area contributed by atoms with E-state index >= 15 is 0 Å². The van der Waals surface area contributed by atoms with Crippen LogP contribution in [0.15, 0.2) is 47.5 Å². The van der Waals surface area contributed by atoms with E-state index in [0.29, 0.717) is 19.8 Å². The fraction of sp³-hybridized carbons (Fsp3) is 0.316. The first-order chi connectivity index (χ1) is 11.3. The highest BCUT2D eigenvalue weighted by Gasteiger charge is 2.04. The summed E-state index contributed by atoms with van der Waals surface area (Å²) in [5.41, 5.74) is 1.79. The van der Waals surface area contributed by atoms with E-state index in [-0.39, 0.29) is 0 Å². The van der Waals surface area contributed by atoms with Crippen LogP contribution in [0.25, 0.3) is 0 Å². The molecule has 0 atom stereocenters. The lowest BCUT2D eigenvalue weighted by molar-refractivity contribution is 0.323. The maximum Gasteiger partial charge on any atom is 0.131 e. The third kappa shape index (κ3) is 5.02. The standard InChI is InChI=1S/C19H23NO3/c1-4-21-17-11-8-16(9-12-17)20-14-15-7-10-18(22-5-2)13-19(15)23-6-3/h7-14H,4-6H2,1-3H3. The highest BCUT2D eigenvalue weighted by molar-refractivity contribution is 5.85. The van der Waals surface area contributed by atoms with Crippen LogP contribution in [-0.2, 0) is 0 Å². The minimum absolute atomic E-state index is 0.597. The summed E-state index contributed by atoms with van der Waals surface area (Å²) in [7, 11) is 0. The summed E-state index contributed by atoms with van der Waals surface area (Å²) in [5.74, 6) is 2.42. The van der Waals surface area contributed by atoms with Crippen LogP contribution in [0.1, 0.15) is 26.3 Å². The molecule has 0 saturated heterocycles. The molecule has 4 nitrogen and oxygen atoms in total. The molecule has 0 aliphatic carbocycles. The molecule has 2 aromatic rings. The van der Waals surface area contributed by atoms with E-state index in [1.54, 1.807) is 6.21 Å². The van der Waals surface area contributed by atoms with Crippen molar-refractivity contribution in [3.63, 3.8) is 0 Å². The smallest absolute Gasteiger partial charge is 0.131 e. The molecule has 0 saturated carbocycles. The van der Waals surface area contributed by atoms with E-state index in [0.717, 1.165) is 28.5 Å². The SMILES string of the molecule is CCOc1ccc(N=Cc2ccc(OCC)cc2OCC)cc1. The van der Waals surface area contributed by atoms with Crippen molar-refractivity contribution in [1.82, 2.24) is 0 Å². The molecule has 0 fully saturated rings. The third-order valence-electron chi connectivity index (χ3n) is 3.10. The van der Waals surface area contributed by atoms with E-state index in [4.69, 9.17) is 14.2 Å². The fourth-order valence-electron chi connectivity index (χ4n) is 2.10. The monoisotopic (exact) mass is 313 g/mol. The Morgan fingerprint density at radius 2 is 1.39 bits per heavy atom. The van der Waals surface area contributed by atoms with Gasteiger partial charge in [-0.25, -0.2) is 0 Å². The van der Waals surface area contributed by atoms with Gasteiger partial charge in [-0.15, -0.1) is 0 Å². The molecule has 0 radical (unpaired) electrons.